The van der Waals surface area contributed by atoms with Gasteiger partial charge in [0.2, 0.25) is 0 Å². The van der Waals surface area contributed by atoms with Crippen molar-refractivity contribution in [2.75, 3.05) is 0 Å². The SMILES string of the molecule is CC(C)[O][Al+][O]C(C)C.O=P([O-])(c1ccccc1)c1ccccc1. The van der Waals surface area contributed by atoms with Crippen LogP contribution >= 0.6 is 7.37 Å². The van der Waals surface area contributed by atoms with Gasteiger partial charge in [0.1, 0.15) is 0 Å². The van der Waals surface area contributed by atoms with Crippen LogP contribution in [0.15, 0.2) is 60.7 Å². The molecule has 2 aromatic rings. The Hall–Kier alpha value is -0.918. The molecule has 0 aliphatic carbocycles. The third kappa shape index (κ3) is 7.77. The molecular weight excluding hydrogens is 338 g/mol. The van der Waals surface area contributed by atoms with Crippen molar-refractivity contribution >= 4 is 33.9 Å². The van der Waals surface area contributed by atoms with E-state index in [1.54, 1.807) is 60.7 Å². The van der Waals surface area contributed by atoms with Gasteiger partial charge in [0.05, 0.1) is 7.37 Å². The molecule has 0 unspecified atom stereocenters. The molecule has 0 aromatic heterocycles. The predicted octanol–water partition coefficient (Wildman–Crippen LogP) is 2.65. The summed E-state index contributed by atoms with van der Waals surface area (Å²) in [7, 11) is -3.65. The molecule has 2 aromatic carbocycles. The van der Waals surface area contributed by atoms with E-state index in [4.69, 9.17) is 7.58 Å². The first-order valence-electron chi connectivity index (χ1n) is 7.89. The minimum Gasteiger partial charge on any atom is -0.793 e. The quantitative estimate of drug-likeness (QED) is 0.586. The van der Waals surface area contributed by atoms with Crippen LogP contribution in [0.3, 0.4) is 0 Å². The van der Waals surface area contributed by atoms with Crippen LogP contribution in [0.5, 0.6) is 0 Å². The number of hydrogen-bond donors (Lipinski definition) is 0. The topological polar surface area (TPSA) is 58.6 Å². The first kappa shape index (κ1) is 21.1. The molecule has 6 heteroatoms. The maximum absolute atomic E-state index is 12.1. The van der Waals surface area contributed by atoms with Crippen LogP contribution in [0.2, 0.25) is 0 Å². The number of benzene rings is 2. The summed E-state index contributed by atoms with van der Waals surface area (Å²) in [4.78, 5) is 12.1. The Balaban J connectivity index is 0.000000277. The molecule has 4 nitrogen and oxygen atoms in total. The van der Waals surface area contributed by atoms with Crippen LogP contribution < -0.4 is 15.5 Å². The van der Waals surface area contributed by atoms with E-state index in [2.05, 4.69) is 0 Å². The molecule has 128 valence electrons. The second-order valence-corrected chi connectivity index (χ2v) is 8.56. The third-order valence-electron chi connectivity index (χ3n) is 2.85. The molecule has 2 rings (SSSR count). The van der Waals surface area contributed by atoms with Crippen molar-refractivity contribution in [1.82, 2.24) is 0 Å². The Labute approximate surface area is 151 Å². The first-order chi connectivity index (χ1) is 11.3. The molecule has 0 amide bonds. The van der Waals surface area contributed by atoms with Crippen LogP contribution in [0, 0.1) is 0 Å². The van der Waals surface area contributed by atoms with Crippen LogP contribution in [-0.2, 0) is 12.1 Å². The Bertz CT molecular complexity index is 566. The molecular formula is C18H24AlO4P. The smallest absolute Gasteiger partial charge is 0.0720 e. The number of hydrogen-bond acceptors (Lipinski definition) is 4. The first-order valence-corrected chi connectivity index (χ1v) is 10.5. The molecule has 0 spiro atoms. The molecule has 0 heterocycles. The molecule has 0 atom stereocenters. The standard InChI is InChI=1S/C12H11O2P.2C3H7O.Al/c13-15(14,11-7-3-1-4-8-11)12-9-5-2-6-10-12;2*1-3(2)4;/h1-10H,(H,13,14);2*3H,1-2H3;/q;2*-1;+3/p-1. The fourth-order valence-electron chi connectivity index (χ4n) is 1.65. The third-order valence-corrected chi connectivity index (χ3v) is 6.11. The molecule has 0 saturated carbocycles. The van der Waals surface area contributed by atoms with Gasteiger partial charge in [0, 0.05) is 10.6 Å². The summed E-state index contributed by atoms with van der Waals surface area (Å²) in [6, 6.07) is 16.9. The van der Waals surface area contributed by atoms with Crippen LogP contribution in [0.1, 0.15) is 27.7 Å². The van der Waals surface area contributed by atoms with Crippen molar-refractivity contribution < 1.29 is 17.0 Å². The zero-order valence-corrected chi connectivity index (χ0v) is 16.6. The van der Waals surface area contributed by atoms with Gasteiger partial charge in [-0.3, -0.25) is 0 Å². The van der Waals surface area contributed by atoms with Crippen molar-refractivity contribution in [3.8, 4) is 0 Å². The average Bonchev–Trinajstić information content (AvgIpc) is 2.56. The van der Waals surface area contributed by atoms with E-state index in [0.29, 0.717) is 22.8 Å². The molecule has 0 aliphatic heterocycles. The molecule has 0 N–H and O–H groups in total. The van der Waals surface area contributed by atoms with Gasteiger partial charge in [-0.25, -0.2) is 0 Å². The zero-order valence-electron chi connectivity index (χ0n) is 14.6. The van der Waals surface area contributed by atoms with E-state index in [1.165, 1.54) is 0 Å². The summed E-state index contributed by atoms with van der Waals surface area (Å²) in [6.07, 6.45) is 0.609. The minimum atomic E-state index is -3.65. The predicted molar refractivity (Wildman–Crippen MR) is 98.0 cm³/mol. The van der Waals surface area contributed by atoms with Gasteiger partial charge in [-0.2, -0.15) is 0 Å². The molecule has 0 aliphatic rings. The fraction of sp³-hybridized carbons (Fsp3) is 0.333. The summed E-state index contributed by atoms with van der Waals surface area (Å²) in [5, 5.41) is 0.715. The zero-order chi connectivity index (χ0) is 18.0. The van der Waals surface area contributed by atoms with Gasteiger partial charge in [-0.1, -0.05) is 60.7 Å². The normalized spacial score (nSPS) is 11.0. The van der Waals surface area contributed by atoms with Crippen molar-refractivity contribution in [2.24, 2.45) is 0 Å². The van der Waals surface area contributed by atoms with Gasteiger partial charge in [0.15, 0.2) is 0 Å². The Morgan fingerprint density at radius 2 is 1.12 bits per heavy atom. The number of rotatable bonds is 6. The Morgan fingerprint density at radius 1 is 0.792 bits per heavy atom. The molecule has 0 fully saturated rings. The van der Waals surface area contributed by atoms with Crippen LogP contribution in [-0.4, -0.2) is 28.1 Å². The summed E-state index contributed by atoms with van der Waals surface area (Å²) >= 11 is -0.245. The summed E-state index contributed by atoms with van der Waals surface area (Å²) < 4.78 is 22.5. The largest absolute Gasteiger partial charge is 0.793 e. The maximum atomic E-state index is 12.1. The van der Waals surface area contributed by atoms with Gasteiger partial charge in [-0.15, -0.1) is 0 Å². The van der Waals surface area contributed by atoms with Gasteiger partial charge in [0.25, 0.3) is 0 Å². The van der Waals surface area contributed by atoms with E-state index in [1.807, 2.05) is 27.7 Å². The second-order valence-electron chi connectivity index (χ2n) is 5.69. The van der Waals surface area contributed by atoms with Gasteiger partial charge in [-0.05, 0) is 0 Å². The molecule has 0 radical (unpaired) electrons. The van der Waals surface area contributed by atoms with Crippen LogP contribution in [0.4, 0.5) is 0 Å². The summed E-state index contributed by atoms with van der Waals surface area (Å²) in [5.74, 6) is 0. The Kier molecular flexibility index (Phi) is 9.55. The van der Waals surface area contributed by atoms with Crippen molar-refractivity contribution in [2.45, 2.75) is 39.9 Å². The van der Waals surface area contributed by atoms with Gasteiger partial charge >= 0.3 is 63.4 Å². The van der Waals surface area contributed by atoms with Crippen molar-refractivity contribution in [3.63, 3.8) is 0 Å². The molecule has 0 saturated heterocycles. The molecule has 0 bridgehead atoms. The monoisotopic (exact) mass is 362 g/mol. The van der Waals surface area contributed by atoms with E-state index in [-0.39, 0.29) is 15.9 Å². The van der Waals surface area contributed by atoms with Crippen molar-refractivity contribution in [1.29, 1.82) is 0 Å². The van der Waals surface area contributed by atoms with E-state index in [9.17, 15) is 9.46 Å². The maximum Gasteiger partial charge on any atom is 0.0720 e. The summed E-state index contributed by atoms with van der Waals surface area (Å²) in [5.41, 5.74) is 0. The van der Waals surface area contributed by atoms with E-state index in [0.717, 1.165) is 0 Å². The summed E-state index contributed by atoms with van der Waals surface area (Å²) in [6.45, 7) is 8.04. The van der Waals surface area contributed by atoms with E-state index < -0.39 is 7.37 Å². The van der Waals surface area contributed by atoms with E-state index >= 15 is 0 Å². The molecule has 24 heavy (non-hydrogen) atoms. The average molecular weight is 362 g/mol. The Morgan fingerprint density at radius 3 is 1.42 bits per heavy atom. The van der Waals surface area contributed by atoms with Crippen LogP contribution in [0.25, 0.3) is 0 Å². The van der Waals surface area contributed by atoms with Gasteiger partial charge < -0.3 is 9.46 Å². The second kappa shape index (κ2) is 10.8. The van der Waals surface area contributed by atoms with Crippen molar-refractivity contribution in [3.05, 3.63) is 60.7 Å². The minimum absolute atomic E-state index is 0.245. The fourth-order valence-corrected chi connectivity index (χ4v) is 3.59.